The van der Waals surface area contributed by atoms with Crippen molar-refractivity contribution in [3.8, 4) is 0 Å². The second-order valence-electron chi connectivity index (χ2n) is 6.74. The molecule has 4 rings (SSSR count). The van der Waals surface area contributed by atoms with E-state index in [2.05, 4.69) is 22.5 Å². The fraction of sp³-hybridized carbons (Fsp3) is 0.227. The molecule has 142 valence electrons. The van der Waals surface area contributed by atoms with Gasteiger partial charge in [0.2, 0.25) is 5.91 Å². The molecule has 0 saturated carbocycles. The standard InChI is InChI=1S/C22H21N3O2S/c1-2-14-8-6-7-11-17(14)23-21(27)16-12-13-18-19(16)24-22(28-18)25-20(26)15-9-4-3-5-10-15/h3-11,16H,2,12-13H2,1H3,(H,23,27)(H,24,25,26). The quantitative estimate of drug-likeness (QED) is 0.666. The Balaban J connectivity index is 1.48. The first-order valence-electron chi connectivity index (χ1n) is 9.40. The van der Waals surface area contributed by atoms with Crippen LogP contribution in [-0.4, -0.2) is 16.8 Å². The maximum Gasteiger partial charge on any atom is 0.257 e. The number of fused-ring (bicyclic) bond motifs is 1. The molecule has 0 aliphatic heterocycles. The van der Waals surface area contributed by atoms with Crippen molar-refractivity contribution in [1.82, 2.24) is 4.98 Å². The lowest BCUT2D eigenvalue weighted by Gasteiger charge is -2.13. The molecule has 0 fully saturated rings. The molecule has 1 aliphatic carbocycles. The number of aryl methyl sites for hydroxylation is 2. The lowest BCUT2D eigenvalue weighted by molar-refractivity contribution is -0.117. The van der Waals surface area contributed by atoms with E-state index >= 15 is 0 Å². The average molecular weight is 391 g/mol. The summed E-state index contributed by atoms with van der Waals surface area (Å²) in [5, 5.41) is 6.46. The maximum atomic E-state index is 12.9. The molecule has 1 unspecified atom stereocenters. The Morgan fingerprint density at radius 1 is 1.07 bits per heavy atom. The molecular formula is C22H21N3O2S. The third-order valence-electron chi connectivity index (χ3n) is 4.95. The third kappa shape index (κ3) is 3.68. The van der Waals surface area contributed by atoms with Gasteiger partial charge in [0.15, 0.2) is 5.13 Å². The van der Waals surface area contributed by atoms with Gasteiger partial charge in [-0.3, -0.25) is 14.9 Å². The minimum absolute atomic E-state index is 0.0362. The summed E-state index contributed by atoms with van der Waals surface area (Å²) in [4.78, 5) is 30.9. The topological polar surface area (TPSA) is 71.1 Å². The van der Waals surface area contributed by atoms with Gasteiger partial charge in [0, 0.05) is 16.1 Å². The van der Waals surface area contributed by atoms with E-state index in [0.717, 1.165) is 41.1 Å². The number of amides is 2. The zero-order chi connectivity index (χ0) is 19.5. The van der Waals surface area contributed by atoms with E-state index in [-0.39, 0.29) is 17.7 Å². The SMILES string of the molecule is CCc1ccccc1NC(=O)C1CCc2sc(NC(=O)c3ccccc3)nc21. The molecule has 2 amide bonds. The van der Waals surface area contributed by atoms with E-state index in [1.54, 1.807) is 12.1 Å². The maximum absolute atomic E-state index is 12.9. The Morgan fingerprint density at radius 3 is 2.61 bits per heavy atom. The number of hydrogen-bond acceptors (Lipinski definition) is 4. The zero-order valence-corrected chi connectivity index (χ0v) is 16.4. The van der Waals surface area contributed by atoms with Crippen LogP contribution in [0.4, 0.5) is 10.8 Å². The smallest absolute Gasteiger partial charge is 0.257 e. The van der Waals surface area contributed by atoms with Crippen molar-refractivity contribution in [1.29, 1.82) is 0 Å². The van der Waals surface area contributed by atoms with Crippen molar-refractivity contribution in [3.63, 3.8) is 0 Å². The average Bonchev–Trinajstić information content (AvgIpc) is 3.29. The Bertz CT molecular complexity index is 1010. The van der Waals surface area contributed by atoms with Gasteiger partial charge in [-0.2, -0.15) is 0 Å². The molecule has 0 radical (unpaired) electrons. The first-order chi connectivity index (χ1) is 13.7. The second-order valence-corrected chi connectivity index (χ2v) is 7.82. The van der Waals surface area contributed by atoms with E-state index in [1.807, 2.05) is 42.5 Å². The number of hydrogen-bond donors (Lipinski definition) is 2. The van der Waals surface area contributed by atoms with E-state index in [1.165, 1.54) is 11.3 Å². The van der Waals surface area contributed by atoms with Gasteiger partial charge in [-0.05, 0) is 43.0 Å². The first-order valence-corrected chi connectivity index (χ1v) is 10.2. The van der Waals surface area contributed by atoms with Crippen LogP contribution in [0.15, 0.2) is 54.6 Å². The number of benzene rings is 2. The number of anilines is 2. The predicted molar refractivity (Wildman–Crippen MR) is 112 cm³/mol. The number of nitrogens with zero attached hydrogens (tertiary/aromatic N) is 1. The molecule has 28 heavy (non-hydrogen) atoms. The van der Waals surface area contributed by atoms with E-state index in [0.29, 0.717) is 10.7 Å². The van der Waals surface area contributed by atoms with Crippen molar-refractivity contribution in [2.45, 2.75) is 32.1 Å². The molecule has 1 heterocycles. The van der Waals surface area contributed by atoms with Gasteiger partial charge in [0.05, 0.1) is 11.6 Å². The van der Waals surface area contributed by atoms with Gasteiger partial charge < -0.3 is 5.32 Å². The summed E-state index contributed by atoms with van der Waals surface area (Å²) in [7, 11) is 0. The number of aromatic nitrogens is 1. The van der Waals surface area contributed by atoms with E-state index in [4.69, 9.17) is 0 Å². The molecule has 1 atom stereocenters. The molecule has 0 spiro atoms. The number of para-hydroxylation sites is 1. The Labute approximate surface area is 167 Å². The molecule has 1 aromatic heterocycles. The minimum atomic E-state index is -0.279. The monoisotopic (exact) mass is 391 g/mol. The molecule has 2 aromatic carbocycles. The van der Waals surface area contributed by atoms with Crippen LogP contribution in [0.1, 0.15) is 45.8 Å². The third-order valence-corrected chi connectivity index (χ3v) is 5.99. The van der Waals surface area contributed by atoms with Crippen LogP contribution >= 0.6 is 11.3 Å². The number of carbonyl (C=O) groups excluding carboxylic acids is 2. The molecule has 1 aliphatic rings. The highest BCUT2D eigenvalue weighted by atomic mass is 32.1. The van der Waals surface area contributed by atoms with Gasteiger partial charge in [-0.15, -0.1) is 11.3 Å². The normalized spacial score (nSPS) is 15.1. The second kappa shape index (κ2) is 7.94. The number of carbonyl (C=O) groups is 2. The van der Waals surface area contributed by atoms with Gasteiger partial charge in [-0.25, -0.2) is 4.98 Å². The molecule has 2 N–H and O–H groups in total. The van der Waals surface area contributed by atoms with Crippen molar-refractivity contribution in [2.24, 2.45) is 0 Å². The fourth-order valence-corrected chi connectivity index (χ4v) is 4.50. The summed E-state index contributed by atoms with van der Waals surface area (Å²) in [5.41, 5.74) is 3.35. The van der Waals surface area contributed by atoms with Gasteiger partial charge >= 0.3 is 0 Å². The van der Waals surface area contributed by atoms with Crippen LogP contribution in [0.3, 0.4) is 0 Å². The number of nitrogens with one attached hydrogen (secondary N) is 2. The van der Waals surface area contributed by atoms with E-state index < -0.39 is 0 Å². The highest BCUT2D eigenvalue weighted by molar-refractivity contribution is 7.16. The summed E-state index contributed by atoms with van der Waals surface area (Å²) in [6.45, 7) is 2.07. The van der Waals surface area contributed by atoms with Gasteiger partial charge in [0.25, 0.3) is 5.91 Å². The van der Waals surface area contributed by atoms with Crippen molar-refractivity contribution < 1.29 is 9.59 Å². The molecule has 0 bridgehead atoms. The fourth-order valence-electron chi connectivity index (χ4n) is 3.47. The first kappa shape index (κ1) is 18.4. The Morgan fingerprint density at radius 2 is 1.82 bits per heavy atom. The molecule has 6 heteroatoms. The predicted octanol–water partition coefficient (Wildman–Crippen LogP) is 4.63. The Hall–Kier alpha value is -2.99. The van der Waals surface area contributed by atoms with Crippen LogP contribution in [0, 0.1) is 0 Å². The van der Waals surface area contributed by atoms with E-state index in [9.17, 15) is 9.59 Å². The minimum Gasteiger partial charge on any atom is -0.325 e. The van der Waals surface area contributed by atoms with Crippen LogP contribution in [0.2, 0.25) is 0 Å². The van der Waals surface area contributed by atoms with Gasteiger partial charge in [0.1, 0.15) is 0 Å². The van der Waals surface area contributed by atoms with Crippen molar-refractivity contribution in [3.05, 3.63) is 76.3 Å². The summed E-state index contributed by atoms with van der Waals surface area (Å²) in [6.07, 6.45) is 2.42. The summed E-state index contributed by atoms with van der Waals surface area (Å²) < 4.78 is 0. The van der Waals surface area contributed by atoms with Crippen molar-refractivity contribution >= 4 is 34.0 Å². The van der Waals surface area contributed by atoms with Crippen LogP contribution in [0.5, 0.6) is 0 Å². The highest BCUT2D eigenvalue weighted by Crippen LogP contribution is 2.39. The van der Waals surface area contributed by atoms with Gasteiger partial charge in [-0.1, -0.05) is 43.3 Å². The lowest BCUT2D eigenvalue weighted by Crippen LogP contribution is -2.20. The lowest BCUT2D eigenvalue weighted by atomic mass is 10.1. The largest absolute Gasteiger partial charge is 0.325 e. The molecule has 5 nitrogen and oxygen atoms in total. The number of rotatable bonds is 5. The van der Waals surface area contributed by atoms with Crippen molar-refractivity contribution in [2.75, 3.05) is 10.6 Å². The summed E-state index contributed by atoms with van der Waals surface area (Å²) in [6, 6.07) is 16.9. The highest BCUT2D eigenvalue weighted by Gasteiger charge is 2.33. The Kier molecular flexibility index (Phi) is 5.21. The summed E-state index contributed by atoms with van der Waals surface area (Å²) >= 11 is 1.46. The zero-order valence-electron chi connectivity index (χ0n) is 15.6. The summed E-state index contributed by atoms with van der Waals surface area (Å²) in [5.74, 6) is -0.504. The van der Waals surface area contributed by atoms with Crippen LogP contribution in [-0.2, 0) is 17.6 Å². The molecular weight excluding hydrogens is 370 g/mol. The molecule has 3 aromatic rings. The number of thiazole rings is 1. The molecule has 0 saturated heterocycles. The van der Waals surface area contributed by atoms with Crippen LogP contribution < -0.4 is 10.6 Å². The van der Waals surface area contributed by atoms with Crippen LogP contribution in [0.25, 0.3) is 0 Å².